The smallest absolute Gasteiger partial charge is 0.0746 e. The van der Waals surface area contributed by atoms with Gasteiger partial charge in [-0.15, -0.1) is 0 Å². The van der Waals surface area contributed by atoms with Crippen molar-refractivity contribution in [2.24, 2.45) is 5.92 Å². The predicted molar refractivity (Wildman–Crippen MR) is 85.1 cm³/mol. The second-order valence-corrected chi connectivity index (χ2v) is 6.54. The van der Waals surface area contributed by atoms with Crippen molar-refractivity contribution in [1.82, 2.24) is 10.3 Å². The van der Waals surface area contributed by atoms with Gasteiger partial charge in [0.05, 0.1) is 10.6 Å². The molecule has 0 aliphatic carbocycles. The first-order valence-corrected chi connectivity index (χ1v) is 7.45. The van der Waals surface area contributed by atoms with Crippen molar-refractivity contribution in [1.29, 1.82) is 0 Å². The van der Waals surface area contributed by atoms with E-state index >= 15 is 0 Å². The molecule has 2 aromatic rings. The maximum atomic E-state index is 10.3. The summed E-state index contributed by atoms with van der Waals surface area (Å²) >= 11 is 6.36. The quantitative estimate of drug-likeness (QED) is 0.760. The summed E-state index contributed by atoms with van der Waals surface area (Å²) < 4.78 is 0. The van der Waals surface area contributed by atoms with Crippen LogP contribution in [0.5, 0.6) is 0 Å². The van der Waals surface area contributed by atoms with Gasteiger partial charge in [0.1, 0.15) is 0 Å². The van der Waals surface area contributed by atoms with E-state index in [-0.39, 0.29) is 0 Å². The molecule has 0 spiro atoms. The van der Waals surface area contributed by atoms with Gasteiger partial charge in [0.15, 0.2) is 0 Å². The molecule has 1 heterocycles. The van der Waals surface area contributed by atoms with E-state index in [0.29, 0.717) is 19.0 Å². The predicted octanol–water partition coefficient (Wildman–Crippen LogP) is 3.71. The normalized spacial score (nSPS) is 14.9. The minimum Gasteiger partial charge on any atom is -0.389 e. The Balaban J connectivity index is 1.98. The Labute approximate surface area is 125 Å². The minimum absolute atomic E-state index is 0.475. The van der Waals surface area contributed by atoms with Crippen LogP contribution in [0.15, 0.2) is 24.3 Å². The van der Waals surface area contributed by atoms with Crippen LogP contribution in [0, 0.1) is 5.92 Å². The van der Waals surface area contributed by atoms with Crippen LogP contribution < -0.4 is 5.32 Å². The molecule has 0 radical (unpaired) electrons. The van der Waals surface area contributed by atoms with Crippen LogP contribution in [0.4, 0.5) is 0 Å². The van der Waals surface area contributed by atoms with E-state index in [2.05, 4.69) is 24.1 Å². The first-order valence-electron chi connectivity index (χ1n) is 7.07. The maximum absolute atomic E-state index is 10.3. The van der Waals surface area contributed by atoms with Gasteiger partial charge in [0.2, 0.25) is 0 Å². The monoisotopic (exact) mass is 294 g/mol. The largest absolute Gasteiger partial charge is 0.389 e. The summed E-state index contributed by atoms with van der Waals surface area (Å²) in [5.74, 6) is 0.475. The highest BCUT2D eigenvalue weighted by Gasteiger charge is 2.21. The van der Waals surface area contributed by atoms with E-state index in [0.717, 1.165) is 28.0 Å². The van der Waals surface area contributed by atoms with Gasteiger partial charge in [0, 0.05) is 29.7 Å². The lowest BCUT2D eigenvalue weighted by atomic mass is 9.94. The third kappa shape index (κ3) is 3.75. The molecule has 20 heavy (non-hydrogen) atoms. The summed E-state index contributed by atoms with van der Waals surface area (Å²) in [6.07, 6.45) is 0.778. The lowest BCUT2D eigenvalue weighted by Crippen LogP contribution is -2.38. The SMILES string of the molecule is CC(C)CC(C)(O)CNCc1[nH]c2ccccc2c1Cl. The number of aromatic amines is 1. The fraction of sp³-hybridized carbons (Fsp3) is 0.500. The number of nitrogens with one attached hydrogen (secondary N) is 2. The zero-order valence-corrected chi connectivity index (χ0v) is 13.1. The van der Waals surface area contributed by atoms with E-state index in [1.807, 2.05) is 31.2 Å². The Kier molecular flexibility index (Phi) is 4.74. The Bertz CT molecular complexity index is 575. The number of H-pyrrole nitrogens is 1. The van der Waals surface area contributed by atoms with Gasteiger partial charge in [-0.3, -0.25) is 0 Å². The van der Waals surface area contributed by atoms with Crippen molar-refractivity contribution in [3.8, 4) is 0 Å². The number of rotatable bonds is 6. The molecule has 3 N–H and O–H groups in total. The summed E-state index contributed by atoms with van der Waals surface area (Å²) in [7, 11) is 0. The van der Waals surface area contributed by atoms with Crippen LogP contribution in [-0.4, -0.2) is 22.2 Å². The van der Waals surface area contributed by atoms with Crippen LogP contribution in [-0.2, 0) is 6.54 Å². The molecule has 0 bridgehead atoms. The second-order valence-electron chi connectivity index (χ2n) is 6.16. The number of benzene rings is 1. The number of aromatic nitrogens is 1. The molecule has 1 unspecified atom stereocenters. The second kappa shape index (κ2) is 6.17. The molecule has 0 fully saturated rings. The van der Waals surface area contributed by atoms with E-state index in [9.17, 15) is 5.11 Å². The molecular formula is C16H23ClN2O. The Morgan fingerprint density at radius 1 is 1.35 bits per heavy atom. The Hall–Kier alpha value is -1.03. The van der Waals surface area contributed by atoms with Gasteiger partial charge >= 0.3 is 0 Å². The summed E-state index contributed by atoms with van der Waals surface area (Å²) in [6, 6.07) is 7.98. The first-order chi connectivity index (χ1) is 9.39. The third-order valence-electron chi connectivity index (χ3n) is 3.37. The van der Waals surface area contributed by atoms with Crippen molar-refractivity contribution < 1.29 is 5.11 Å². The summed E-state index contributed by atoms with van der Waals surface area (Å²) in [5.41, 5.74) is 1.32. The van der Waals surface area contributed by atoms with Crippen molar-refractivity contribution in [2.75, 3.05) is 6.54 Å². The topological polar surface area (TPSA) is 48.0 Å². The molecule has 1 aromatic heterocycles. The van der Waals surface area contributed by atoms with E-state index in [1.54, 1.807) is 0 Å². The first kappa shape index (κ1) is 15.4. The number of para-hydroxylation sites is 1. The number of hydrogen-bond acceptors (Lipinski definition) is 2. The molecule has 1 aromatic carbocycles. The number of aliphatic hydroxyl groups is 1. The van der Waals surface area contributed by atoms with Gasteiger partial charge in [-0.2, -0.15) is 0 Å². The van der Waals surface area contributed by atoms with Gasteiger partial charge in [-0.1, -0.05) is 43.6 Å². The van der Waals surface area contributed by atoms with Crippen molar-refractivity contribution in [3.05, 3.63) is 35.0 Å². The van der Waals surface area contributed by atoms with E-state index < -0.39 is 5.60 Å². The molecule has 0 aliphatic rings. The molecule has 0 aliphatic heterocycles. The Morgan fingerprint density at radius 3 is 2.70 bits per heavy atom. The highest BCUT2D eigenvalue weighted by molar-refractivity contribution is 6.36. The van der Waals surface area contributed by atoms with Gasteiger partial charge in [0.25, 0.3) is 0 Å². The minimum atomic E-state index is -0.688. The van der Waals surface area contributed by atoms with E-state index in [1.165, 1.54) is 0 Å². The fourth-order valence-electron chi connectivity index (χ4n) is 2.69. The molecule has 2 rings (SSSR count). The van der Waals surface area contributed by atoms with Crippen LogP contribution in [0.2, 0.25) is 5.02 Å². The summed E-state index contributed by atoms with van der Waals surface area (Å²) in [4.78, 5) is 3.31. The Morgan fingerprint density at radius 2 is 2.05 bits per heavy atom. The van der Waals surface area contributed by atoms with Crippen LogP contribution in [0.1, 0.15) is 32.9 Å². The lowest BCUT2D eigenvalue weighted by molar-refractivity contribution is 0.0383. The van der Waals surface area contributed by atoms with Crippen molar-refractivity contribution in [3.63, 3.8) is 0 Å². The van der Waals surface area contributed by atoms with Gasteiger partial charge in [-0.25, -0.2) is 0 Å². The molecule has 0 saturated carbocycles. The third-order valence-corrected chi connectivity index (χ3v) is 3.80. The maximum Gasteiger partial charge on any atom is 0.0746 e. The van der Waals surface area contributed by atoms with E-state index in [4.69, 9.17) is 11.6 Å². The van der Waals surface area contributed by atoms with Gasteiger partial charge in [-0.05, 0) is 25.3 Å². The highest BCUT2D eigenvalue weighted by atomic mass is 35.5. The van der Waals surface area contributed by atoms with Crippen LogP contribution >= 0.6 is 11.6 Å². The standard InChI is InChI=1S/C16H23ClN2O/c1-11(2)8-16(3,20)10-18-9-14-15(17)12-6-4-5-7-13(12)19-14/h4-7,11,18-20H,8-10H2,1-3H3. The fourth-order valence-corrected chi connectivity index (χ4v) is 2.97. The number of hydrogen-bond donors (Lipinski definition) is 3. The molecule has 1 atom stereocenters. The van der Waals surface area contributed by atoms with Crippen molar-refractivity contribution >= 4 is 22.5 Å². The zero-order valence-electron chi connectivity index (χ0n) is 12.3. The molecule has 4 heteroatoms. The molecule has 3 nitrogen and oxygen atoms in total. The molecular weight excluding hydrogens is 272 g/mol. The zero-order chi connectivity index (χ0) is 14.8. The summed E-state index contributed by atoms with van der Waals surface area (Å²) in [5, 5.41) is 15.4. The molecule has 0 amide bonds. The van der Waals surface area contributed by atoms with Crippen LogP contribution in [0.25, 0.3) is 10.9 Å². The average Bonchev–Trinajstić information content (AvgIpc) is 2.65. The van der Waals surface area contributed by atoms with Crippen LogP contribution in [0.3, 0.4) is 0 Å². The number of fused-ring (bicyclic) bond motifs is 1. The molecule has 110 valence electrons. The average molecular weight is 295 g/mol. The van der Waals surface area contributed by atoms with Crippen molar-refractivity contribution in [2.45, 2.75) is 39.3 Å². The molecule has 0 saturated heterocycles. The lowest BCUT2D eigenvalue weighted by Gasteiger charge is -2.25. The summed E-state index contributed by atoms with van der Waals surface area (Å²) in [6.45, 7) is 7.28. The highest BCUT2D eigenvalue weighted by Crippen LogP contribution is 2.27. The number of halogens is 1. The van der Waals surface area contributed by atoms with Gasteiger partial charge < -0.3 is 15.4 Å².